The maximum absolute atomic E-state index is 12.4. The normalized spacial score (nSPS) is 15.7. The van der Waals surface area contributed by atoms with Gasteiger partial charge in [-0.25, -0.2) is 0 Å². The Bertz CT molecular complexity index is 1120. The third-order valence-corrected chi connectivity index (χ3v) is 5.11. The van der Waals surface area contributed by atoms with Gasteiger partial charge < -0.3 is 25.3 Å². The van der Waals surface area contributed by atoms with Gasteiger partial charge in [-0.3, -0.25) is 14.4 Å². The number of ether oxygens (including phenoxy) is 1. The quantitative estimate of drug-likeness (QED) is 0.582. The summed E-state index contributed by atoms with van der Waals surface area (Å²) in [6.45, 7) is 0.958. The predicted octanol–water partition coefficient (Wildman–Crippen LogP) is 1.91. The van der Waals surface area contributed by atoms with Crippen LogP contribution in [0.1, 0.15) is 16.8 Å². The third-order valence-electron chi connectivity index (χ3n) is 5.11. The Morgan fingerprint density at radius 3 is 2.80 bits per heavy atom. The minimum Gasteiger partial charge on any atom is -0.496 e. The molecule has 1 aliphatic rings. The van der Waals surface area contributed by atoms with E-state index < -0.39 is 11.9 Å². The number of anilines is 1. The van der Waals surface area contributed by atoms with E-state index >= 15 is 0 Å². The zero-order chi connectivity index (χ0) is 21.1. The SMILES string of the molecule is COc1cccc2c1ccn2CCNC(=O)C[C@@H]1NC(=O)c2ccccc2NC1=O. The number of fused-ring (bicyclic) bond motifs is 2. The Kier molecular flexibility index (Phi) is 5.38. The van der Waals surface area contributed by atoms with Crippen LogP contribution in [0.2, 0.25) is 0 Å². The zero-order valence-corrected chi connectivity index (χ0v) is 16.5. The summed E-state index contributed by atoms with van der Waals surface area (Å²) in [6.07, 6.45) is 1.81. The number of rotatable bonds is 6. The van der Waals surface area contributed by atoms with E-state index in [4.69, 9.17) is 4.74 Å². The molecule has 0 unspecified atom stereocenters. The lowest BCUT2D eigenvalue weighted by molar-refractivity contribution is -0.125. The molecule has 3 N–H and O–H groups in total. The highest BCUT2D eigenvalue weighted by atomic mass is 16.5. The first-order chi connectivity index (χ1) is 14.6. The molecular formula is C22H22N4O4. The van der Waals surface area contributed by atoms with E-state index in [-0.39, 0.29) is 18.2 Å². The van der Waals surface area contributed by atoms with Crippen LogP contribution in [0, 0.1) is 0 Å². The average Bonchev–Trinajstić information content (AvgIpc) is 3.11. The lowest BCUT2D eigenvalue weighted by Gasteiger charge is -2.14. The summed E-state index contributed by atoms with van der Waals surface area (Å²) in [4.78, 5) is 37.1. The van der Waals surface area contributed by atoms with Gasteiger partial charge in [0.15, 0.2) is 0 Å². The standard InChI is InChI=1S/C22H22N4O4/c1-30-19-8-4-7-18-15(19)9-11-26(18)12-10-23-20(27)13-17-22(29)24-16-6-3-2-5-14(16)21(28)25-17/h2-9,11,17H,10,12-13H2,1H3,(H,23,27)(H,24,29)(H,25,28)/t17-/m0/s1. The Morgan fingerprint density at radius 2 is 1.97 bits per heavy atom. The van der Waals surface area contributed by atoms with Crippen molar-refractivity contribution >= 4 is 34.3 Å². The van der Waals surface area contributed by atoms with Gasteiger partial charge in [0.25, 0.3) is 5.91 Å². The van der Waals surface area contributed by atoms with Gasteiger partial charge in [0, 0.05) is 24.7 Å². The van der Waals surface area contributed by atoms with Crippen molar-refractivity contribution in [2.24, 2.45) is 0 Å². The smallest absolute Gasteiger partial charge is 0.254 e. The predicted molar refractivity (Wildman–Crippen MR) is 112 cm³/mol. The fraction of sp³-hybridized carbons (Fsp3) is 0.227. The summed E-state index contributed by atoms with van der Waals surface area (Å²) >= 11 is 0. The van der Waals surface area contributed by atoms with Gasteiger partial charge in [-0.2, -0.15) is 0 Å². The topological polar surface area (TPSA) is 101 Å². The van der Waals surface area contributed by atoms with Gasteiger partial charge in [0.2, 0.25) is 11.8 Å². The molecule has 3 aromatic rings. The molecule has 0 saturated carbocycles. The van der Waals surface area contributed by atoms with Gasteiger partial charge >= 0.3 is 0 Å². The van der Waals surface area contributed by atoms with Crippen LogP contribution in [0.15, 0.2) is 54.7 Å². The molecule has 2 heterocycles. The molecule has 0 saturated heterocycles. The van der Waals surface area contributed by atoms with Crippen molar-refractivity contribution in [2.75, 3.05) is 19.0 Å². The number of carbonyl (C=O) groups is 3. The second kappa shape index (κ2) is 8.28. The second-order valence-corrected chi connectivity index (χ2v) is 7.02. The number of nitrogens with zero attached hydrogens (tertiary/aromatic N) is 1. The Morgan fingerprint density at radius 1 is 1.13 bits per heavy atom. The van der Waals surface area contributed by atoms with Gasteiger partial charge in [-0.15, -0.1) is 0 Å². The zero-order valence-electron chi connectivity index (χ0n) is 16.5. The minimum absolute atomic E-state index is 0.133. The largest absolute Gasteiger partial charge is 0.496 e. The number of hydrogen-bond donors (Lipinski definition) is 3. The van der Waals surface area contributed by atoms with Crippen LogP contribution in [0.25, 0.3) is 10.9 Å². The van der Waals surface area contributed by atoms with Crippen LogP contribution in [0.4, 0.5) is 5.69 Å². The van der Waals surface area contributed by atoms with Crippen LogP contribution in [0.5, 0.6) is 5.75 Å². The van der Waals surface area contributed by atoms with Crippen LogP contribution >= 0.6 is 0 Å². The molecule has 0 spiro atoms. The van der Waals surface area contributed by atoms with Gasteiger partial charge in [-0.05, 0) is 30.3 Å². The van der Waals surface area contributed by atoms with Crippen molar-refractivity contribution in [1.29, 1.82) is 0 Å². The molecule has 154 valence electrons. The highest BCUT2D eigenvalue weighted by molar-refractivity contribution is 6.10. The third kappa shape index (κ3) is 3.84. The Labute approximate surface area is 173 Å². The molecule has 8 nitrogen and oxygen atoms in total. The van der Waals surface area contributed by atoms with E-state index in [2.05, 4.69) is 16.0 Å². The molecule has 0 aliphatic carbocycles. The molecule has 1 atom stereocenters. The van der Waals surface area contributed by atoms with E-state index in [0.29, 0.717) is 24.3 Å². The van der Waals surface area contributed by atoms with Gasteiger partial charge in [-0.1, -0.05) is 18.2 Å². The number of amides is 3. The summed E-state index contributed by atoms with van der Waals surface area (Å²) in [5.74, 6) is -0.302. The van der Waals surface area contributed by atoms with Crippen molar-refractivity contribution in [1.82, 2.24) is 15.2 Å². The summed E-state index contributed by atoms with van der Waals surface area (Å²) in [5, 5.41) is 9.14. The van der Waals surface area contributed by atoms with Crippen molar-refractivity contribution in [3.8, 4) is 5.75 Å². The summed E-state index contributed by atoms with van der Waals surface area (Å²) in [6, 6.07) is 13.6. The summed E-state index contributed by atoms with van der Waals surface area (Å²) in [7, 11) is 1.63. The number of hydrogen-bond acceptors (Lipinski definition) is 4. The number of methoxy groups -OCH3 is 1. The number of para-hydroxylation sites is 1. The maximum Gasteiger partial charge on any atom is 0.254 e. The number of carbonyl (C=O) groups excluding carboxylic acids is 3. The molecule has 8 heteroatoms. The first-order valence-electron chi connectivity index (χ1n) is 9.66. The number of benzene rings is 2. The first-order valence-corrected chi connectivity index (χ1v) is 9.66. The molecule has 30 heavy (non-hydrogen) atoms. The van der Waals surface area contributed by atoms with Crippen molar-refractivity contribution in [3.63, 3.8) is 0 Å². The first kappa shape index (κ1) is 19.5. The fourth-order valence-corrected chi connectivity index (χ4v) is 3.60. The Hall–Kier alpha value is -3.81. The van der Waals surface area contributed by atoms with E-state index in [0.717, 1.165) is 16.7 Å². The van der Waals surface area contributed by atoms with E-state index in [9.17, 15) is 14.4 Å². The fourth-order valence-electron chi connectivity index (χ4n) is 3.60. The summed E-state index contributed by atoms with van der Waals surface area (Å²) < 4.78 is 7.39. The van der Waals surface area contributed by atoms with Crippen LogP contribution in [-0.2, 0) is 16.1 Å². The Balaban J connectivity index is 1.34. The molecule has 0 bridgehead atoms. The monoisotopic (exact) mass is 406 g/mol. The number of nitrogens with one attached hydrogen (secondary N) is 3. The molecule has 2 aromatic carbocycles. The highest BCUT2D eigenvalue weighted by Crippen LogP contribution is 2.26. The molecule has 0 fully saturated rings. The van der Waals surface area contributed by atoms with E-state index in [1.54, 1.807) is 31.4 Å². The molecule has 0 radical (unpaired) electrons. The maximum atomic E-state index is 12.4. The van der Waals surface area contributed by atoms with Crippen molar-refractivity contribution in [2.45, 2.75) is 19.0 Å². The lowest BCUT2D eigenvalue weighted by atomic mass is 10.1. The van der Waals surface area contributed by atoms with Crippen molar-refractivity contribution in [3.05, 3.63) is 60.3 Å². The molecule has 1 aliphatic heterocycles. The molecular weight excluding hydrogens is 384 g/mol. The van der Waals surface area contributed by atoms with Crippen LogP contribution in [0.3, 0.4) is 0 Å². The van der Waals surface area contributed by atoms with Crippen molar-refractivity contribution < 1.29 is 19.1 Å². The lowest BCUT2D eigenvalue weighted by Crippen LogP contribution is -2.44. The summed E-state index contributed by atoms with van der Waals surface area (Å²) in [5.41, 5.74) is 1.83. The molecule has 4 rings (SSSR count). The molecule has 3 amide bonds. The van der Waals surface area contributed by atoms with E-state index in [1.807, 2.05) is 35.0 Å². The minimum atomic E-state index is -0.929. The van der Waals surface area contributed by atoms with Gasteiger partial charge in [0.1, 0.15) is 11.8 Å². The number of aromatic nitrogens is 1. The molecule has 1 aromatic heterocycles. The van der Waals surface area contributed by atoms with Crippen LogP contribution < -0.4 is 20.7 Å². The second-order valence-electron chi connectivity index (χ2n) is 7.02. The van der Waals surface area contributed by atoms with E-state index in [1.165, 1.54) is 0 Å². The van der Waals surface area contributed by atoms with Crippen LogP contribution in [-0.4, -0.2) is 42.0 Å². The average molecular weight is 406 g/mol. The highest BCUT2D eigenvalue weighted by Gasteiger charge is 2.29. The van der Waals surface area contributed by atoms with Gasteiger partial charge in [0.05, 0.1) is 30.3 Å².